The molecular formula is C19H16N4O4S2. The second kappa shape index (κ2) is 8.41. The van der Waals surface area contributed by atoms with Gasteiger partial charge in [-0.2, -0.15) is 5.01 Å². The average Bonchev–Trinajstić information content (AvgIpc) is 2.95. The summed E-state index contributed by atoms with van der Waals surface area (Å²) in [6, 6.07) is 12.9. The van der Waals surface area contributed by atoms with Gasteiger partial charge in [-0.3, -0.25) is 25.1 Å². The van der Waals surface area contributed by atoms with Gasteiger partial charge in [0, 0.05) is 37.5 Å². The Balaban J connectivity index is 1.75. The molecule has 0 saturated carbocycles. The summed E-state index contributed by atoms with van der Waals surface area (Å²) in [5.41, 5.74) is 4.15. The molecule has 1 aliphatic rings. The number of anilines is 1. The maximum Gasteiger partial charge on any atom is 0.310 e. The van der Waals surface area contributed by atoms with Crippen molar-refractivity contribution in [3.8, 4) is 0 Å². The monoisotopic (exact) mass is 428 g/mol. The van der Waals surface area contributed by atoms with Gasteiger partial charge < -0.3 is 4.90 Å². The van der Waals surface area contributed by atoms with Crippen LogP contribution in [0, 0.1) is 10.1 Å². The number of nitrogens with zero attached hydrogens (tertiary/aromatic N) is 3. The van der Waals surface area contributed by atoms with Gasteiger partial charge in [0.05, 0.1) is 9.83 Å². The van der Waals surface area contributed by atoms with E-state index < -0.39 is 16.1 Å². The van der Waals surface area contributed by atoms with E-state index in [9.17, 15) is 19.7 Å². The number of carbonyl (C=O) groups excluding carboxylic acids is 2. The van der Waals surface area contributed by atoms with Crippen LogP contribution in [0.4, 0.5) is 16.2 Å². The Bertz CT molecular complexity index is 1030. The number of thioether (sulfide) groups is 1. The Morgan fingerprint density at radius 2 is 1.93 bits per heavy atom. The van der Waals surface area contributed by atoms with Gasteiger partial charge in [-0.05, 0) is 41.6 Å². The Kier molecular flexibility index (Phi) is 5.95. The number of nitrogens with one attached hydrogen (secondary N) is 1. The highest BCUT2D eigenvalue weighted by molar-refractivity contribution is 8.19. The third kappa shape index (κ3) is 4.61. The summed E-state index contributed by atoms with van der Waals surface area (Å²) in [5, 5.41) is 11.4. The second-order valence-corrected chi connectivity index (χ2v) is 7.63. The Labute approximate surface area is 176 Å². The molecule has 2 aromatic carbocycles. The predicted molar refractivity (Wildman–Crippen MR) is 117 cm³/mol. The van der Waals surface area contributed by atoms with Crippen molar-refractivity contribution in [1.29, 1.82) is 0 Å². The summed E-state index contributed by atoms with van der Waals surface area (Å²) in [6.45, 7) is 0. The molecule has 0 atom stereocenters. The number of carbonyl (C=O) groups is 2. The first kappa shape index (κ1) is 20.5. The molecule has 148 valence electrons. The number of nitro groups is 1. The van der Waals surface area contributed by atoms with Crippen LogP contribution in [0.25, 0.3) is 6.08 Å². The molecule has 2 amide bonds. The number of hydrogen-bond donors (Lipinski definition) is 1. The van der Waals surface area contributed by atoms with Crippen molar-refractivity contribution < 1.29 is 14.5 Å². The van der Waals surface area contributed by atoms with Crippen molar-refractivity contribution in [3.63, 3.8) is 0 Å². The normalized spacial score (nSPS) is 15.0. The standard InChI is InChI=1S/C19H16N4O4S2/c1-21(2)14-8-6-12(7-9-14)10-16-18(28)22(19(25)29-16)20-17(24)13-4-3-5-15(11-13)23(26)27/h3-11H,1-2H3,(H,20,24)/b16-10+. The van der Waals surface area contributed by atoms with E-state index in [0.717, 1.165) is 34.1 Å². The van der Waals surface area contributed by atoms with E-state index in [1.54, 1.807) is 6.08 Å². The molecule has 0 unspecified atom stereocenters. The maximum atomic E-state index is 12.4. The zero-order chi connectivity index (χ0) is 21.1. The third-order valence-electron chi connectivity index (χ3n) is 4.03. The van der Waals surface area contributed by atoms with Gasteiger partial charge in [-0.1, -0.05) is 30.4 Å². The lowest BCUT2D eigenvalue weighted by atomic mass is 10.2. The second-order valence-electron chi connectivity index (χ2n) is 6.25. The SMILES string of the molecule is CN(C)c1ccc(/C=C2/SC(=O)N(NC(=O)c3cccc([N+](=O)[O-])c3)C2=S)cc1. The van der Waals surface area contributed by atoms with Gasteiger partial charge in [0.15, 0.2) is 0 Å². The minimum atomic E-state index is -0.665. The number of hydrogen-bond acceptors (Lipinski definition) is 7. The van der Waals surface area contributed by atoms with Crippen molar-refractivity contribution >= 4 is 57.6 Å². The third-order valence-corrected chi connectivity index (χ3v) is 5.45. The Hall–Kier alpha value is -3.24. The van der Waals surface area contributed by atoms with Crippen LogP contribution in [0.3, 0.4) is 0 Å². The number of benzene rings is 2. The first-order chi connectivity index (χ1) is 13.8. The van der Waals surface area contributed by atoms with Crippen molar-refractivity contribution in [2.45, 2.75) is 0 Å². The minimum absolute atomic E-state index is 0.0523. The molecule has 1 saturated heterocycles. The first-order valence-corrected chi connectivity index (χ1v) is 9.59. The number of thiocarbonyl (C=S) groups is 1. The van der Waals surface area contributed by atoms with Crippen molar-refractivity contribution in [3.05, 3.63) is 74.7 Å². The van der Waals surface area contributed by atoms with E-state index >= 15 is 0 Å². The molecule has 10 heteroatoms. The van der Waals surface area contributed by atoms with E-state index in [2.05, 4.69) is 5.43 Å². The van der Waals surface area contributed by atoms with E-state index in [1.165, 1.54) is 18.2 Å². The lowest BCUT2D eigenvalue weighted by molar-refractivity contribution is -0.384. The maximum absolute atomic E-state index is 12.4. The lowest BCUT2D eigenvalue weighted by Crippen LogP contribution is -2.44. The lowest BCUT2D eigenvalue weighted by Gasteiger charge is -2.15. The average molecular weight is 428 g/mol. The largest absolute Gasteiger partial charge is 0.378 e. The van der Waals surface area contributed by atoms with Crippen LogP contribution in [0.5, 0.6) is 0 Å². The highest BCUT2D eigenvalue weighted by atomic mass is 32.2. The molecule has 1 N–H and O–H groups in total. The molecule has 0 bridgehead atoms. The molecule has 8 nitrogen and oxygen atoms in total. The number of rotatable bonds is 5. The molecule has 3 rings (SSSR count). The molecule has 0 radical (unpaired) electrons. The van der Waals surface area contributed by atoms with E-state index in [4.69, 9.17) is 12.2 Å². The number of amides is 2. The molecular weight excluding hydrogens is 412 g/mol. The molecule has 1 heterocycles. The van der Waals surface area contributed by atoms with E-state index in [-0.39, 0.29) is 16.2 Å². The Morgan fingerprint density at radius 1 is 1.24 bits per heavy atom. The highest BCUT2D eigenvalue weighted by Gasteiger charge is 2.33. The van der Waals surface area contributed by atoms with Crippen LogP contribution < -0.4 is 10.3 Å². The summed E-state index contributed by atoms with van der Waals surface area (Å²) >= 11 is 6.23. The van der Waals surface area contributed by atoms with Gasteiger partial charge in [-0.25, -0.2) is 0 Å². The Morgan fingerprint density at radius 3 is 2.55 bits per heavy atom. The van der Waals surface area contributed by atoms with Crippen LogP contribution >= 0.6 is 24.0 Å². The van der Waals surface area contributed by atoms with E-state index in [1.807, 2.05) is 43.3 Å². The topological polar surface area (TPSA) is 95.8 Å². The highest BCUT2D eigenvalue weighted by Crippen LogP contribution is 2.32. The smallest absolute Gasteiger partial charge is 0.310 e. The summed E-state index contributed by atoms with van der Waals surface area (Å²) in [4.78, 5) is 37.7. The van der Waals surface area contributed by atoms with Crippen LogP contribution in [-0.2, 0) is 0 Å². The van der Waals surface area contributed by atoms with Gasteiger partial charge in [0.1, 0.15) is 4.99 Å². The van der Waals surface area contributed by atoms with Gasteiger partial charge in [0.25, 0.3) is 11.6 Å². The predicted octanol–water partition coefficient (Wildman–Crippen LogP) is 3.84. The minimum Gasteiger partial charge on any atom is -0.378 e. The van der Waals surface area contributed by atoms with Crippen molar-refractivity contribution in [1.82, 2.24) is 10.4 Å². The van der Waals surface area contributed by atoms with Crippen molar-refractivity contribution in [2.24, 2.45) is 0 Å². The summed E-state index contributed by atoms with van der Waals surface area (Å²) in [6.07, 6.45) is 1.77. The van der Waals surface area contributed by atoms with Crippen molar-refractivity contribution in [2.75, 3.05) is 19.0 Å². The number of nitro benzene ring substituents is 1. The molecule has 0 spiro atoms. The first-order valence-electron chi connectivity index (χ1n) is 8.37. The number of non-ortho nitro benzene ring substituents is 1. The van der Waals surface area contributed by atoms with Crippen LogP contribution in [-0.4, -0.2) is 40.2 Å². The van der Waals surface area contributed by atoms with Gasteiger partial charge >= 0.3 is 5.24 Å². The molecule has 0 aromatic heterocycles. The fourth-order valence-corrected chi connectivity index (χ4v) is 3.67. The van der Waals surface area contributed by atoms with Crippen LogP contribution in [0.2, 0.25) is 0 Å². The van der Waals surface area contributed by atoms with E-state index in [0.29, 0.717) is 4.91 Å². The summed E-state index contributed by atoms with van der Waals surface area (Å²) in [5.74, 6) is -0.665. The van der Waals surface area contributed by atoms with Crippen LogP contribution in [0.15, 0.2) is 53.4 Å². The van der Waals surface area contributed by atoms with Gasteiger partial charge in [0.2, 0.25) is 0 Å². The molecule has 2 aromatic rings. The summed E-state index contributed by atoms with van der Waals surface area (Å²) < 4.78 is 0. The van der Waals surface area contributed by atoms with Gasteiger partial charge in [-0.15, -0.1) is 0 Å². The molecule has 0 aliphatic carbocycles. The molecule has 29 heavy (non-hydrogen) atoms. The zero-order valence-corrected chi connectivity index (χ0v) is 17.1. The summed E-state index contributed by atoms with van der Waals surface area (Å²) in [7, 11) is 3.88. The molecule has 1 aliphatic heterocycles. The zero-order valence-electron chi connectivity index (χ0n) is 15.5. The number of hydrazine groups is 1. The fraction of sp³-hybridized carbons (Fsp3) is 0.105. The molecule has 1 fully saturated rings. The van der Waals surface area contributed by atoms with Crippen LogP contribution in [0.1, 0.15) is 15.9 Å². The fourth-order valence-electron chi connectivity index (χ4n) is 2.51. The quantitative estimate of drug-likeness (QED) is 0.334.